The average Bonchev–Trinajstić information content (AvgIpc) is 3.90. The number of anilines is 1. The topological polar surface area (TPSA) is 85.0 Å². The van der Waals surface area contributed by atoms with E-state index in [-0.39, 0.29) is 14.0 Å². The van der Waals surface area contributed by atoms with E-state index < -0.39 is 5.97 Å². The number of nitrogens with zero attached hydrogens (tertiary/aromatic N) is 4. The molecular formula is C59H58BrN5O2. The summed E-state index contributed by atoms with van der Waals surface area (Å²) < 4.78 is 5.79. The second-order valence-corrected chi connectivity index (χ2v) is 17.9. The van der Waals surface area contributed by atoms with Crippen molar-refractivity contribution in [2.45, 2.75) is 48.2 Å². The third-order valence-electron chi connectivity index (χ3n) is 11.1. The summed E-state index contributed by atoms with van der Waals surface area (Å²) in [7, 11) is 0. The lowest BCUT2D eigenvalue weighted by Gasteiger charge is -2.17. The Morgan fingerprint density at radius 2 is 0.896 bits per heavy atom. The molecule has 2 heterocycles. The molecule has 0 saturated carbocycles. The fraction of sp³-hybridized carbons (Fsp3) is 0.169. The van der Waals surface area contributed by atoms with Crippen LogP contribution in [0.1, 0.15) is 35.1 Å². The highest BCUT2D eigenvalue weighted by Gasteiger charge is 2.25. The highest BCUT2D eigenvalue weighted by molar-refractivity contribution is 9.10. The summed E-state index contributed by atoms with van der Waals surface area (Å²) >= 11 is 3.73. The average molecular weight is 949 g/mol. The van der Waals surface area contributed by atoms with Gasteiger partial charge in [-0.3, -0.25) is 4.79 Å². The smallest absolute Gasteiger partial charge is 0.322 e. The first-order valence-corrected chi connectivity index (χ1v) is 23.3. The van der Waals surface area contributed by atoms with E-state index in [0.717, 1.165) is 90.9 Å². The van der Waals surface area contributed by atoms with Gasteiger partial charge in [-0.05, 0) is 41.2 Å². The monoisotopic (exact) mass is 947 g/mol. The molecule has 9 aromatic rings. The number of halogens is 1. The van der Waals surface area contributed by atoms with Crippen molar-refractivity contribution in [1.29, 1.82) is 0 Å². The van der Waals surface area contributed by atoms with Crippen LogP contribution in [-0.4, -0.2) is 36.7 Å². The van der Waals surface area contributed by atoms with Gasteiger partial charge in [0.1, 0.15) is 18.2 Å². The fourth-order valence-corrected chi connectivity index (χ4v) is 8.78. The zero-order valence-corrected chi connectivity index (χ0v) is 39.4. The number of hydrogen-bond donors (Lipinski definition) is 2. The standard InChI is InChI=1S/C33H31N3O2.C25H23BrN2.CH4/c1-23(2)22-36-32(25-14-7-4-8-15-25)31(24-12-5-3-6-13-24)35-33(36)29-19-10-9-18-28(29)26-16-11-17-27(20-26)34-21-30(37)38;1-18(2)17-28-24(20-13-7-4-8-14-20)23(19-11-5-3-6-12-19)27-25(28)21-15-9-10-16-22(21)26;/h3-20,23,34H,21-22H2,1-2H3,(H,37,38);3-16,18H,17H2,1-2H3;1H4. The van der Waals surface area contributed by atoms with Gasteiger partial charge in [-0.15, -0.1) is 0 Å². The van der Waals surface area contributed by atoms with Gasteiger partial charge in [-0.25, -0.2) is 9.97 Å². The highest BCUT2D eigenvalue weighted by Crippen LogP contribution is 2.41. The van der Waals surface area contributed by atoms with Gasteiger partial charge in [-0.2, -0.15) is 0 Å². The molecule has 0 atom stereocenters. The van der Waals surface area contributed by atoms with Gasteiger partial charge < -0.3 is 19.6 Å². The second-order valence-electron chi connectivity index (χ2n) is 17.1. The number of carboxylic acids is 1. The number of hydrogen-bond acceptors (Lipinski definition) is 4. The van der Waals surface area contributed by atoms with E-state index in [4.69, 9.17) is 15.1 Å². The molecule has 0 radical (unpaired) electrons. The molecule has 0 unspecified atom stereocenters. The molecule has 2 N–H and O–H groups in total. The minimum absolute atomic E-state index is 0. The zero-order chi connectivity index (χ0) is 46.0. The Labute approximate surface area is 404 Å². The number of carbonyl (C=O) groups is 1. The Morgan fingerprint density at radius 3 is 1.34 bits per heavy atom. The zero-order valence-electron chi connectivity index (χ0n) is 37.8. The van der Waals surface area contributed by atoms with E-state index in [9.17, 15) is 4.79 Å². The number of carboxylic acid groups (broad SMARTS) is 1. The number of nitrogens with one attached hydrogen (secondary N) is 1. The lowest BCUT2D eigenvalue weighted by Crippen LogP contribution is -2.12. The molecule has 0 aliphatic carbocycles. The summed E-state index contributed by atoms with van der Waals surface area (Å²) in [6.45, 7) is 10.5. The molecule has 0 spiro atoms. The van der Waals surface area contributed by atoms with Gasteiger partial charge >= 0.3 is 5.97 Å². The third-order valence-corrected chi connectivity index (χ3v) is 11.8. The van der Waals surface area contributed by atoms with E-state index >= 15 is 0 Å². The lowest BCUT2D eigenvalue weighted by molar-refractivity contribution is -0.134. The van der Waals surface area contributed by atoms with Crippen LogP contribution >= 0.6 is 15.9 Å². The maximum atomic E-state index is 11.1. The van der Waals surface area contributed by atoms with E-state index in [1.54, 1.807) is 0 Å². The minimum Gasteiger partial charge on any atom is -0.480 e. The SMILES string of the molecule is C.CC(C)Cn1c(-c2ccccc2-c2cccc(NCC(=O)O)c2)nc(-c2ccccc2)c1-c1ccccc1.CC(C)Cn1c(-c2ccccc2Br)nc(-c2ccccc2)c1-c1ccccc1. The molecule has 338 valence electrons. The largest absolute Gasteiger partial charge is 0.480 e. The third kappa shape index (κ3) is 11.2. The minimum atomic E-state index is -0.895. The maximum absolute atomic E-state index is 11.1. The Balaban J connectivity index is 0.000000205. The van der Waals surface area contributed by atoms with E-state index in [1.807, 2.05) is 54.6 Å². The Hall–Kier alpha value is -7.29. The van der Waals surface area contributed by atoms with Crippen molar-refractivity contribution in [2.24, 2.45) is 11.8 Å². The molecule has 0 bridgehead atoms. The molecule has 7 nitrogen and oxygen atoms in total. The number of benzene rings is 7. The van der Waals surface area contributed by atoms with Crippen molar-refractivity contribution in [2.75, 3.05) is 11.9 Å². The van der Waals surface area contributed by atoms with E-state index in [1.165, 1.54) is 11.3 Å². The van der Waals surface area contributed by atoms with Crippen LogP contribution in [0.3, 0.4) is 0 Å². The molecule has 0 saturated heterocycles. The summed E-state index contributed by atoms with van der Waals surface area (Å²) in [5.41, 5.74) is 13.7. The van der Waals surface area contributed by atoms with Crippen LogP contribution in [-0.2, 0) is 17.9 Å². The Morgan fingerprint density at radius 1 is 0.507 bits per heavy atom. The van der Waals surface area contributed by atoms with Gasteiger partial charge in [0.15, 0.2) is 0 Å². The van der Waals surface area contributed by atoms with Gasteiger partial charge in [0, 0.05) is 56.6 Å². The molecule has 0 fully saturated rings. The van der Waals surface area contributed by atoms with Crippen molar-refractivity contribution < 1.29 is 9.90 Å². The normalized spacial score (nSPS) is 10.9. The number of rotatable bonds is 14. The van der Waals surface area contributed by atoms with Crippen molar-refractivity contribution >= 4 is 27.6 Å². The van der Waals surface area contributed by atoms with Gasteiger partial charge in [0.05, 0.1) is 22.8 Å². The van der Waals surface area contributed by atoms with Crippen molar-refractivity contribution in [3.8, 4) is 78.9 Å². The summed E-state index contributed by atoms with van der Waals surface area (Å²) in [6.07, 6.45) is 0. The molecule has 0 aliphatic heterocycles. The molecule has 7 aromatic carbocycles. The Bertz CT molecular complexity index is 3020. The highest BCUT2D eigenvalue weighted by atomic mass is 79.9. The molecule has 0 aliphatic rings. The first-order chi connectivity index (χ1) is 32.2. The maximum Gasteiger partial charge on any atom is 0.322 e. The van der Waals surface area contributed by atoms with Crippen LogP contribution in [0.5, 0.6) is 0 Å². The Kier molecular flexibility index (Phi) is 15.8. The number of aromatic nitrogens is 4. The second kappa shape index (κ2) is 22.3. The van der Waals surface area contributed by atoms with Crippen molar-refractivity contribution in [1.82, 2.24) is 19.1 Å². The van der Waals surface area contributed by atoms with Crippen LogP contribution in [0.15, 0.2) is 199 Å². The van der Waals surface area contributed by atoms with E-state index in [0.29, 0.717) is 11.8 Å². The first-order valence-electron chi connectivity index (χ1n) is 22.5. The quantitative estimate of drug-likeness (QED) is 0.113. The van der Waals surface area contributed by atoms with E-state index in [2.05, 4.69) is 198 Å². The fourth-order valence-electron chi connectivity index (χ4n) is 8.32. The summed E-state index contributed by atoms with van der Waals surface area (Å²) in [6, 6.07) is 66.4. The van der Waals surface area contributed by atoms with Crippen molar-refractivity contribution in [3.05, 3.63) is 199 Å². The van der Waals surface area contributed by atoms with Crippen LogP contribution < -0.4 is 5.32 Å². The van der Waals surface area contributed by atoms with Crippen molar-refractivity contribution in [3.63, 3.8) is 0 Å². The van der Waals surface area contributed by atoms with Crippen LogP contribution in [0.25, 0.3) is 78.9 Å². The summed E-state index contributed by atoms with van der Waals surface area (Å²) in [5.74, 6) is 1.93. The number of aliphatic carboxylic acids is 1. The van der Waals surface area contributed by atoms with Gasteiger partial charge in [-0.1, -0.05) is 227 Å². The molecule has 0 amide bonds. The predicted molar refractivity (Wildman–Crippen MR) is 283 cm³/mol. The molecule has 67 heavy (non-hydrogen) atoms. The number of imidazole rings is 2. The van der Waals surface area contributed by atoms with Crippen LogP contribution in [0, 0.1) is 11.8 Å². The van der Waals surface area contributed by atoms with Crippen LogP contribution in [0.2, 0.25) is 0 Å². The molecule has 8 heteroatoms. The first kappa shape index (κ1) is 47.7. The molecule has 2 aromatic heterocycles. The van der Waals surface area contributed by atoms with Gasteiger partial charge in [0.25, 0.3) is 0 Å². The molecule has 9 rings (SSSR count). The van der Waals surface area contributed by atoms with Crippen LogP contribution in [0.4, 0.5) is 5.69 Å². The summed E-state index contributed by atoms with van der Waals surface area (Å²) in [4.78, 5) is 21.6. The predicted octanol–water partition coefficient (Wildman–Crippen LogP) is 15.6. The summed E-state index contributed by atoms with van der Waals surface area (Å²) in [5, 5.41) is 12.1. The molecular weight excluding hydrogens is 891 g/mol. The van der Waals surface area contributed by atoms with Gasteiger partial charge in [0.2, 0.25) is 0 Å². The lowest BCUT2D eigenvalue weighted by atomic mass is 9.98.